The Kier molecular flexibility index (Phi) is 5.92. The summed E-state index contributed by atoms with van der Waals surface area (Å²) in [6, 6.07) is 22.5. The lowest BCUT2D eigenvalue weighted by molar-refractivity contribution is 0.102. The fraction of sp³-hybridized carbons (Fsp3) is 0.174. The lowest BCUT2D eigenvalue weighted by atomic mass is 10.2. The van der Waals surface area contributed by atoms with Gasteiger partial charge in [0.2, 0.25) is 10.0 Å². The summed E-state index contributed by atoms with van der Waals surface area (Å²) in [5.74, 6) is -0.321. The highest BCUT2D eigenvalue weighted by molar-refractivity contribution is 7.89. The molecular weight excluding hydrogens is 412 g/mol. The molecule has 0 bridgehead atoms. The van der Waals surface area contributed by atoms with Gasteiger partial charge in [-0.05, 0) is 73.5 Å². The summed E-state index contributed by atoms with van der Waals surface area (Å²) in [4.78, 5) is 12.7. The molecule has 8 heteroatoms. The number of carbonyl (C=O) groups excluding carboxylic acids is 1. The fourth-order valence-corrected chi connectivity index (χ4v) is 4.42. The average molecular weight is 435 g/mol. The average Bonchev–Trinajstić information content (AvgIpc) is 3.64. The van der Waals surface area contributed by atoms with Crippen molar-refractivity contribution < 1.29 is 13.2 Å². The van der Waals surface area contributed by atoms with Gasteiger partial charge < -0.3 is 5.32 Å². The summed E-state index contributed by atoms with van der Waals surface area (Å²) in [5, 5.41) is 11.1. The minimum atomic E-state index is -3.53. The highest BCUT2D eigenvalue weighted by atomic mass is 32.2. The Morgan fingerprint density at radius 1 is 0.871 bits per heavy atom. The van der Waals surface area contributed by atoms with Gasteiger partial charge in [0.25, 0.3) is 5.91 Å². The fourth-order valence-electron chi connectivity index (χ4n) is 3.00. The summed E-state index contributed by atoms with van der Waals surface area (Å²) >= 11 is 0. The summed E-state index contributed by atoms with van der Waals surface area (Å²) < 4.78 is 26.5. The van der Waals surface area contributed by atoms with E-state index in [-0.39, 0.29) is 16.8 Å². The van der Waals surface area contributed by atoms with Crippen molar-refractivity contribution in [3.05, 3.63) is 84.4 Å². The highest BCUT2D eigenvalue weighted by Gasteiger charge is 2.34. The lowest BCUT2D eigenvalue weighted by Crippen LogP contribution is -2.29. The molecule has 3 aromatic rings. The number of carbonyl (C=O) groups is 1. The van der Waals surface area contributed by atoms with Gasteiger partial charge in [0, 0.05) is 24.3 Å². The Morgan fingerprint density at radius 2 is 1.45 bits per heavy atom. The molecule has 0 saturated heterocycles. The normalized spacial score (nSPS) is 14.1. The smallest absolute Gasteiger partial charge is 0.255 e. The standard InChI is InChI=1S/C23H22N4O3S/c1-27(21-13-14-21)31(29,30)22-15-7-17(8-16-22)23(28)24-18-9-11-20(12-10-18)26-25-19-5-3-2-4-6-19/h2-12,15-16,21H,13-14H2,1H3,(H,24,28). The van der Waals surface area contributed by atoms with Crippen molar-refractivity contribution in [2.45, 2.75) is 23.8 Å². The topological polar surface area (TPSA) is 91.2 Å². The van der Waals surface area contributed by atoms with Gasteiger partial charge in [-0.15, -0.1) is 0 Å². The van der Waals surface area contributed by atoms with E-state index in [1.807, 2.05) is 30.3 Å². The van der Waals surface area contributed by atoms with Crippen LogP contribution in [0.5, 0.6) is 0 Å². The first-order chi connectivity index (χ1) is 14.9. The molecule has 7 nitrogen and oxygen atoms in total. The highest BCUT2D eigenvalue weighted by Crippen LogP contribution is 2.30. The van der Waals surface area contributed by atoms with E-state index in [0.29, 0.717) is 16.9 Å². The summed E-state index contributed by atoms with van der Waals surface area (Å²) in [7, 11) is -1.93. The molecule has 1 amide bonds. The number of sulfonamides is 1. The van der Waals surface area contributed by atoms with Crippen LogP contribution in [0.4, 0.5) is 17.1 Å². The number of nitrogens with one attached hydrogen (secondary N) is 1. The molecule has 4 rings (SSSR count). The summed E-state index contributed by atoms with van der Waals surface area (Å²) in [6.07, 6.45) is 1.78. The van der Waals surface area contributed by atoms with Crippen LogP contribution in [-0.4, -0.2) is 31.7 Å². The van der Waals surface area contributed by atoms with Crippen LogP contribution < -0.4 is 5.32 Å². The van der Waals surface area contributed by atoms with E-state index < -0.39 is 10.0 Å². The molecule has 0 aromatic heterocycles. The Bertz CT molecular complexity index is 1190. The Morgan fingerprint density at radius 3 is 2.03 bits per heavy atom. The maximum absolute atomic E-state index is 12.6. The first-order valence-electron chi connectivity index (χ1n) is 9.90. The first kappa shape index (κ1) is 20.9. The second kappa shape index (κ2) is 8.79. The number of benzene rings is 3. The van der Waals surface area contributed by atoms with E-state index in [1.54, 1.807) is 31.3 Å². The zero-order valence-corrected chi connectivity index (χ0v) is 17.8. The predicted molar refractivity (Wildman–Crippen MR) is 119 cm³/mol. The summed E-state index contributed by atoms with van der Waals surface area (Å²) in [6.45, 7) is 0. The Hall–Kier alpha value is -3.36. The number of anilines is 1. The Balaban J connectivity index is 1.39. The molecule has 0 spiro atoms. The molecule has 0 atom stereocenters. The van der Waals surface area contributed by atoms with Crippen LogP contribution in [0.3, 0.4) is 0 Å². The number of azo groups is 1. The molecule has 0 aliphatic heterocycles. The van der Waals surface area contributed by atoms with E-state index in [2.05, 4.69) is 15.5 Å². The van der Waals surface area contributed by atoms with Gasteiger partial charge >= 0.3 is 0 Å². The third-order valence-corrected chi connectivity index (χ3v) is 6.94. The van der Waals surface area contributed by atoms with Crippen LogP contribution in [0.2, 0.25) is 0 Å². The zero-order valence-electron chi connectivity index (χ0n) is 17.0. The van der Waals surface area contributed by atoms with Crippen LogP contribution in [0.15, 0.2) is 94.0 Å². The molecule has 1 saturated carbocycles. The van der Waals surface area contributed by atoms with Crippen LogP contribution in [-0.2, 0) is 10.0 Å². The third-order valence-electron chi connectivity index (χ3n) is 5.02. The number of rotatable bonds is 7. The van der Waals surface area contributed by atoms with Gasteiger partial charge in [-0.25, -0.2) is 8.42 Å². The van der Waals surface area contributed by atoms with Crippen LogP contribution in [0.25, 0.3) is 0 Å². The molecular formula is C23H22N4O3S. The molecule has 3 aromatic carbocycles. The SMILES string of the molecule is CN(C1CC1)S(=O)(=O)c1ccc(C(=O)Nc2ccc(N=Nc3ccccc3)cc2)cc1. The maximum atomic E-state index is 12.6. The van der Waals surface area contributed by atoms with Crippen molar-refractivity contribution in [1.82, 2.24) is 4.31 Å². The van der Waals surface area contributed by atoms with Crippen LogP contribution in [0, 0.1) is 0 Å². The molecule has 1 aliphatic rings. The van der Waals surface area contributed by atoms with Crippen molar-refractivity contribution >= 4 is 33.0 Å². The lowest BCUT2D eigenvalue weighted by Gasteiger charge is -2.16. The van der Waals surface area contributed by atoms with Crippen molar-refractivity contribution in [3.63, 3.8) is 0 Å². The Labute approximate surface area is 181 Å². The monoisotopic (exact) mass is 434 g/mol. The van der Waals surface area contributed by atoms with Gasteiger partial charge in [0.15, 0.2) is 0 Å². The zero-order chi connectivity index (χ0) is 21.8. The van der Waals surface area contributed by atoms with Crippen molar-refractivity contribution in [1.29, 1.82) is 0 Å². The second-order valence-corrected chi connectivity index (χ2v) is 9.31. The van der Waals surface area contributed by atoms with E-state index in [1.165, 1.54) is 28.6 Å². The van der Waals surface area contributed by atoms with Crippen LogP contribution >= 0.6 is 0 Å². The van der Waals surface area contributed by atoms with E-state index in [9.17, 15) is 13.2 Å². The quantitative estimate of drug-likeness (QED) is 0.522. The largest absolute Gasteiger partial charge is 0.322 e. The van der Waals surface area contributed by atoms with Gasteiger partial charge in [0.05, 0.1) is 16.3 Å². The second-order valence-electron chi connectivity index (χ2n) is 7.31. The molecule has 1 N–H and O–H groups in total. The van der Waals surface area contributed by atoms with Gasteiger partial charge in [0.1, 0.15) is 0 Å². The molecule has 0 radical (unpaired) electrons. The molecule has 31 heavy (non-hydrogen) atoms. The molecule has 1 aliphatic carbocycles. The third kappa shape index (κ3) is 5.04. The number of hydrogen-bond acceptors (Lipinski definition) is 5. The van der Waals surface area contributed by atoms with Crippen molar-refractivity contribution in [3.8, 4) is 0 Å². The maximum Gasteiger partial charge on any atom is 0.255 e. The molecule has 158 valence electrons. The van der Waals surface area contributed by atoms with Crippen molar-refractivity contribution in [2.24, 2.45) is 10.2 Å². The molecule has 0 heterocycles. The predicted octanol–water partition coefficient (Wildman–Crippen LogP) is 5.14. The van der Waals surface area contributed by atoms with E-state index in [4.69, 9.17) is 0 Å². The van der Waals surface area contributed by atoms with Gasteiger partial charge in [-0.1, -0.05) is 18.2 Å². The minimum absolute atomic E-state index is 0.0863. The van der Waals surface area contributed by atoms with Gasteiger partial charge in [-0.2, -0.15) is 14.5 Å². The first-order valence-corrected chi connectivity index (χ1v) is 11.3. The summed E-state index contributed by atoms with van der Waals surface area (Å²) in [5.41, 5.74) is 2.40. The van der Waals surface area contributed by atoms with Crippen LogP contribution in [0.1, 0.15) is 23.2 Å². The van der Waals surface area contributed by atoms with Crippen molar-refractivity contribution in [2.75, 3.05) is 12.4 Å². The number of nitrogens with zero attached hydrogens (tertiary/aromatic N) is 3. The minimum Gasteiger partial charge on any atom is -0.322 e. The molecule has 0 unspecified atom stereocenters. The number of hydrogen-bond donors (Lipinski definition) is 1. The van der Waals surface area contributed by atoms with E-state index >= 15 is 0 Å². The van der Waals surface area contributed by atoms with E-state index in [0.717, 1.165) is 18.5 Å². The molecule has 1 fully saturated rings. The van der Waals surface area contributed by atoms with Gasteiger partial charge in [-0.3, -0.25) is 4.79 Å². The number of amides is 1.